The molecule has 0 saturated carbocycles. The Kier molecular flexibility index (Phi) is 4.29. The van der Waals surface area contributed by atoms with Crippen molar-refractivity contribution in [3.05, 3.63) is 24.3 Å². The Morgan fingerprint density at radius 1 is 1.35 bits per heavy atom. The van der Waals surface area contributed by atoms with Crippen molar-refractivity contribution >= 4 is 15.9 Å². The minimum atomic E-state index is -3.62. The van der Waals surface area contributed by atoms with Gasteiger partial charge in [-0.05, 0) is 37.1 Å². The van der Waals surface area contributed by atoms with E-state index in [9.17, 15) is 8.42 Å². The number of sulfonamides is 1. The van der Waals surface area contributed by atoms with Crippen LogP contribution < -0.4 is 10.5 Å². The van der Waals surface area contributed by atoms with Crippen molar-refractivity contribution in [2.24, 2.45) is 5.73 Å². The second kappa shape index (κ2) is 5.80. The SMILES string of the molecule is COc1ccc(S(=O)(=O)N2CCCCC2C(=N)N)cc1. The Bertz CT molecular complexity index is 583. The number of piperidine rings is 1. The highest BCUT2D eigenvalue weighted by Crippen LogP contribution is 2.26. The standard InChI is InChI=1S/C13H19N3O3S/c1-19-10-5-7-11(8-6-10)20(17,18)16-9-3-2-4-12(16)13(14)15/h5-8,12H,2-4,9H2,1H3,(H3,14,15). The zero-order chi connectivity index (χ0) is 14.8. The molecular formula is C13H19N3O3S. The fraction of sp³-hybridized carbons (Fsp3) is 0.462. The van der Waals surface area contributed by atoms with Crippen LogP contribution in [0.3, 0.4) is 0 Å². The Morgan fingerprint density at radius 2 is 2.00 bits per heavy atom. The van der Waals surface area contributed by atoms with Gasteiger partial charge in [0.25, 0.3) is 0 Å². The third-order valence-electron chi connectivity index (χ3n) is 3.48. The quantitative estimate of drug-likeness (QED) is 0.644. The van der Waals surface area contributed by atoms with Gasteiger partial charge in [-0.3, -0.25) is 5.41 Å². The molecule has 0 radical (unpaired) electrons. The smallest absolute Gasteiger partial charge is 0.243 e. The number of benzene rings is 1. The van der Waals surface area contributed by atoms with Crippen LogP contribution in [-0.4, -0.2) is 38.3 Å². The summed E-state index contributed by atoms with van der Waals surface area (Å²) in [5.74, 6) is 0.507. The van der Waals surface area contributed by atoms with Gasteiger partial charge in [-0.2, -0.15) is 4.31 Å². The maximum atomic E-state index is 12.6. The van der Waals surface area contributed by atoms with Crippen LogP contribution in [0.5, 0.6) is 5.75 Å². The number of nitrogens with two attached hydrogens (primary N) is 1. The van der Waals surface area contributed by atoms with Crippen LogP contribution >= 0.6 is 0 Å². The van der Waals surface area contributed by atoms with Crippen LogP contribution in [0.25, 0.3) is 0 Å². The number of nitrogens with zero attached hydrogens (tertiary/aromatic N) is 1. The van der Waals surface area contributed by atoms with Crippen molar-refractivity contribution in [3.63, 3.8) is 0 Å². The lowest BCUT2D eigenvalue weighted by molar-refractivity contribution is 0.303. The van der Waals surface area contributed by atoms with Gasteiger partial charge in [-0.1, -0.05) is 6.42 Å². The van der Waals surface area contributed by atoms with E-state index in [4.69, 9.17) is 15.9 Å². The average Bonchev–Trinajstić information content (AvgIpc) is 2.47. The summed E-state index contributed by atoms with van der Waals surface area (Å²) in [5, 5.41) is 7.58. The van der Waals surface area contributed by atoms with Gasteiger partial charge < -0.3 is 10.5 Å². The van der Waals surface area contributed by atoms with Crippen molar-refractivity contribution in [3.8, 4) is 5.75 Å². The van der Waals surface area contributed by atoms with E-state index in [2.05, 4.69) is 0 Å². The molecule has 110 valence electrons. The average molecular weight is 297 g/mol. The molecule has 1 atom stereocenters. The zero-order valence-corrected chi connectivity index (χ0v) is 12.2. The molecule has 1 aliphatic heterocycles. The first-order valence-corrected chi connectivity index (χ1v) is 7.90. The van der Waals surface area contributed by atoms with Gasteiger partial charge in [0.1, 0.15) is 11.6 Å². The Morgan fingerprint density at radius 3 is 2.55 bits per heavy atom. The van der Waals surface area contributed by atoms with Crippen LogP contribution in [0.2, 0.25) is 0 Å². The van der Waals surface area contributed by atoms with E-state index in [1.54, 1.807) is 12.1 Å². The third-order valence-corrected chi connectivity index (χ3v) is 5.40. The molecule has 1 unspecified atom stereocenters. The largest absolute Gasteiger partial charge is 0.497 e. The normalized spacial score (nSPS) is 20.6. The summed E-state index contributed by atoms with van der Waals surface area (Å²) in [6.07, 6.45) is 2.28. The lowest BCUT2D eigenvalue weighted by Crippen LogP contribution is -2.50. The van der Waals surface area contributed by atoms with Crippen LogP contribution in [0, 0.1) is 5.41 Å². The highest BCUT2D eigenvalue weighted by Gasteiger charge is 2.35. The second-order valence-corrected chi connectivity index (χ2v) is 6.65. The van der Waals surface area contributed by atoms with E-state index in [1.807, 2.05) is 0 Å². The highest BCUT2D eigenvalue weighted by molar-refractivity contribution is 7.89. The van der Waals surface area contributed by atoms with Crippen molar-refractivity contribution in [1.29, 1.82) is 5.41 Å². The summed E-state index contributed by atoms with van der Waals surface area (Å²) < 4.78 is 31.6. The maximum Gasteiger partial charge on any atom is 0.243 e. The third kappa shape index (κ3) is 2.78. The first-order chi connectivity index (χ1) is 9.46. The Balaban J connectivity index is 2.34. The molecule has 1 aliphatic rings. The van der Waals surface area contributed by atoms with Gasteiger partial charge in [0.2, 0.25) is 10.0 Å². The summed E-state index contributed by atoms with van der Waals surface area (Å²) in [7, 11) is -2.10. The van der Waals surface area contributed by atoms with Crippen LogP contribution in [-0.2, 0) is 10.0 Å². The molecule has 1 heterocycles. The molecule has 3 N–H and O–H groups in total. The monoisotopic (exact) mass is 297 g/mol. The fourth-order valence-electron chi connectivity index (χ4n) is 2.39. The minimum Gasteiger partial charge on any atom is -0.497 e. The summed E-state index contributed by atoms with van der Waals surface area (Å²) >= 11 is 0. The van der Waals surface area contributed by atoms with Gasteiger partial charge in [0, 0.05) is 6.54 Å². The summed E-state index contributed by atoms with van der Waals surface area (Å²) in [5.41, 5.74) is 5.54. The molecule has 1 fully saturated rings. The predicted molar refractivity (Wildman–Crippen MR) is 76.4 cm³/mol. The summed E-state index contributed by atoms with van der Waals surface area (Å²) in [6.45, 7) is 0.401. The van der Waals surface area contributed by atoms with E-state index in [1.165, 1.54) is 23.5 Å². The van der Waals surface area contributed by atoms with Crippen molar-refractivity contribution in [2.45, 2.75) is 30.2 Å². The predicted octanol–water partition coefficient (Wildman–Crippen LogP) is 1.17. The van der Waals surface area contributed by atoms with E-state index in [0.29, 0.717) is 18.7 Å². The van der Waals surface area contributed by atoms with Gasteiger partial charge in [0.15, 0.2) is 0 Å². The number of hydrogen-bond donors (Lipinski definition) is 2. The molecule has 7 heteroatoms. The van der Waals surface area contributed by atoms with Gasteiger partial charge in [-0.25, -0.2) is 8.42 Å². The number of amidine groups is 1. The second-order valence-electron chi connectivity index (χ2n) is 4.76. The first-order valence-electron chi connectivity index (χ1n) is 6.46. The number of ether oxygens (including phenoxy) is 1. The molecule has 0 aliphatic carbocycles. The molecule has 0 spiro atoms. The number of hydrogen-bond acceptors (Lipinski definition) is 4. The zero-order valence-electron chi connectivity index (χ0n) is 11.4. The maximum absolute atomic E-state index is 12.6. The molecule has 20 heavy (non-hydrogen) atoms. The molecule has 1 aromatic rings. The van der Waals surface area contributed by atoms with Crippen molar-refractivity contribution in [2.75, 3.05) is 13.7 Å². The van der Waals surface area contributed by atoms with Crippen LogP contribution in [0.1, 0.15) is 19.3 Å². The first kappa shape index (κ1) is 14.8. The minimum absolute atomic E-state index is 0.0956. The molecular weight excluding hydrogens is 278 g/mol. The van der Waals surface area contributed by atoms with Crippen molar-refractivity contribution < 1.29 is 13.2 Å². The number of rotatable bonds is 4. The summed E-state index contributed by atoms with van der Waals surface area (Å²) in [6, 6.07) is 5.72. The molecule has 6 nitrogen and oxygen atoms in total. The van der Waals surface area contributed by atoms with E-state index in [0.717, 1.165) is 12.8 Å². The molecule has 0 amide bonds. The number of methoxy groups -OCH3 is 1. The molecule has 0 aromatic heterocycles. The van der Waals surface area contributed by atoms with Gasteiger partial charge in [-0.15, -0.1) is 0 Å². The van der Waals surface area contributed by atoms with Crippen LogP contribution in [0.15, 0.2) is 29.2 Å². The van der Waals surface area contributed by atoms with E-state index < -0.39 is 16.1 Å². The molecule has 2 rings (SSSR count). The Labute approximate surface area is 119 Å². The van der Waals surface area contributed by atoms with Crippen LogP contribution in [0.4, 0.5) is 0 Å². The van der Waals surface area contributed by atoms with Crippen molar-refractivity contribution in [1.82, 2.24) is 4.31 Å². The van der Waals surface area contributed by atoms with E-state index in [-0.39, 0.29) is 10.7 Å². The lowest BCUT2D eigenvalue weighted by atomic mass is 10.0. The highest BCUT2D eigenvalue weighted by atomic mass is 32.2. The molecule has 1 aromatic carbocycles. The lowest BCUT2D eigenvalue weighted by Gasteiger charge is -2.33. The fourth-order valence-corrected chi connectivity index (χ4v) is 4.06. The summed E-state index contributed by atoms with van der Waals surface area (Å²) in [4.78, 5) is 0.200. The molecule has 1 saturated heterocycles. The topological polar surface area (TPSA) is 96.5 Å². The van der Waals surface area contributed by atoms with Gasteiger partial charge in [0.05, 0.1) is 18.0 Å². The Hall–Kier alpha value is -1.60. The van der Waals surface area contributed by atoms with Gasteiger partial charge >= 0.3 is 0 Å². The number of nitrogens with one attached hydrogen (secondary N) is 1. The van der Waals surface area contributed by atoms with E-state index >= 15 is 0 Å². The molecule has 0 bridgehead atoms.